The van der Waals surface area contributed by atoms with E-state index in [4.69, 9.17) is 4.42 Å². The summed E-state index contributed by atoms with van der Waals surface area (Å²) in [4.78, 5) is 19.0. The molecule has 3 aromatic carbocycles. The highest BCUT2D eigenvalue weighted by Crippen LogP contribution is 2.32. The Kier molecular flexibility index (Phi) is 4.73. The van der Waals surface area contributed by atoms with Crippen molar-refractivity contribution in [2.75, 3.05) is 0 Å². The van der Waals surface area contributed by atoms with Gasteiger partial charge in [0.05, 0.1) is 15.1 Å². The number of fused-ring (bicyclic) bond motifs is 1. The lowest BCUT2D eigenvalue weighted by molar-refractivity contribution is -0.385. The van der Waals surface area contributed by atoms with Crippen molar-refractivity contribution in [1.29, 1.82) is 0 Å². The first kappa shape index (κ1) is 18.6. The number of halogens is 1. The molecule has 0 unspecified atom stereocenters. The van der Waals surface area contributed by atoms with Gasteiger partial charge in [0.15, 0.2) is 5.58 Å². The number of nitro benzene ring substituents is 1. The molecule has 0 bridgehead atoms. The van der Waals surface area contributed by atoms with Crippen LogP contribution in [0.1, 0.15) is 5.56 Å². The van der Waals surface area contributed by atoms with Gasteiger partial charge < -0.3 is 14.6 Å². The van der Waals surface area contributed by atoms with E-state index in [-0.39, 0.29) is 17.0 Å². The number of nitro groups is 1. The van der Waals surface area contributed by atoms with Crippen molar-refractivity contribution in [2.24, 2.45) is 4.99 Å². The Bertz CT molecular complexity index is 1280. The Morgan fingerprint density at radius 1 is 1.14 bits per heavy atom. The molecule has 0 aliphatic heterocycles. The second-order valence-corrected chi connectivity index (χ2v) is 6.92. The number of nitrogens with zero attached hydrogens (tertiary/aromatic N) is 3. The second kappa shape index (κ2) is 7.36. The number of aliphatic imine (C=N–C) groups is 1. The molecule has 0 saturated carbocycles. The Balaban J connectivity index is 1.66. The highest BCUT2D eigenvalue weighted by molar-refractivity contribution is 9.10. The fourth-order valence-corrected chi connectivity index (χ4v) is 3.08. The molecule has 0 saturated heterocycles. The number of aromatic nitrogens is 1. The number of aromatic hydroxyl groups is 2. The standard InChI is InChI=1S/C20H12BrN3O5/c21-14-8-11(4-6-17(14)25)20-23-15-9-13(5-7-18(15)29-20)22-10-12-2-1-3-16(19(12)26)24(27)28/h1-10,25-26H. The number of hydrogen-bond acceptors (Lipinski definition) is 7. The molecule has 0 spiro atoms. The number of benzene rings is 3. The van der Waals surface area contributed by atoms with Gasteiger partial charge >= 0.3 is 5.69 Å². The van der Waals surface area contributed by atoms with Gasteiger partial charge in [0.1, 0.15) is 11.3 Å². The smallest absolute Gasteiger partial charge is 0.311 e. The van der Waals surface area contributed by atoms with Crippen molar-refractivity contribution < 1.29 is 19.6 Å². The van der Waals surface area contributed by atoms with Gasteiger partial charge in [0.25, 0.3) is 0 Å². The van der Waals surface area contributed by atoms with Crippen LogP contribution >= 0.6 is 15.9 Å². The van der Waals surface area contributed by atoms with Crippen LogP contribution in [0, 0.1) is 10.1 Å². The zero-order chi connectivity index (χ0) is 20.5. The predicted octanol–water partition coefficient (Wildman–Crippen LogP) is 5.33. The highest BCUT2D eigenvalue weighted by atomic mass is 79.9. The van der Waals surface area contributed by atoms with Crippen molar-refractivity contribution in [2.45, 2.75) is 0 Å². The van der Waals surface area contributed by atoms with E-state index in [1.807, 2.05) is 0 Å². The Morgan fingerprint density at radius 2 is 1.97 bits per heavy atom. The summed E-state index contributed by atoms with van der Waals surface area (Å²) in [6.45, 7) is 0. The predicted molar refractivity (Wildman–Crippen MR) is 111 cm³/mol. The molecule has 4 rings (SSSR count). The van der Waals surface area contributed by atoms with Crippen molar-refractivity contribution in [1.82, 2.24) is 4.98 Å². The van der Waals surface area contributed by atoms with Crippen LogP contribution in [-0.2, 0) is 0 Å². The second-order valence-electron chi connectivity index (χ2n) is 6.07. The fraction of sp³-hybridized carbons (Fsp3) is 0. The first-order valence-electron chi connectivity index (χ1n) is 8.32. The maximum Gasteiger partial charge on any atom is 0.311 e. The first-order valence-corrected chi connectivity index (χ1v) is 9.11. The SMILES string of the molecule is O=[N+]([O-])c1cccc(C=Nc2ccc3oc(-c4ccc(O)c(Br)c4)nc3c2)c1O. The van der Waals surface area contributed by atoms with E-state index in [1.165, 1.54) is 30.5 Å². The largest absolute Gasteiger partial charge is 0.507 e. The molecule has 1 aromatic heterocycles. The molecule has 4 aromatic rings. The minimum atomic E-state index is -0.655. The fourth-order valence-electron chi connectivity index (χ4n) is 2.70. The zero-order valence-electron chi connectivity index (χ0n) is 14.6. The normalized spacial score (nSPS) is 11.3. The third kappa shape index (κ3) is 3.67. The lowest BCUT2D eigenvalue weighted by atomic mass is 10.2. The van der Waals surface area contributed by atoms with Crippen LogP contribution in [0.3, 0.4) is 0 Å². The third-order valence-corrected chi connectivity index (χ3v) is 4.80. The maximum atomic E-state index is 10.9. The van der Waals surface area contributed by atoms with Crippen LogP contribution < -0.4 is 0 Å². The maximum absolute atomic E-state index is 10.9. The highest BCUT2D eigenvalue weighted by Gasteiger charge is 2.15. The molecule has 1 heterocycles. The lowest BCUT2D eigenvalue weighted by Gasteiger charge is -1.99. The molecular formula is C20H12BrN3O5. The van der Waals surface area contributed by atoms with E-state index in [0.29, 0.717) is 32.7 Å². The summed E-state index contributed by atoms with van der Waals surface area (Å²) in [5.41, 5.74) is 2.20. The van der Waals surface area contributed by atoms with E-state index in [9.17, 15) is 20.3 Å². The summed E-state index contributed by atoms with van der Waals surface area (Å²) in [5, 5.41) is 30.5. The van der Waals surface area contributed by atoms with E-state index in [0.717, 1.165) is 0 Å². The molecule has 0 amide bonds. The number of oxazole rings is 1. The molecule has 9 heteroatoms. The van der Waals surface area contributed by atoms with Crippen LogP contribution in [0.5, 0.6) is 11.5 Å². The monoisotopic (exact) mass is 453 g/mol. The topological polar surface area (TPSA) is 122 Å². The van der Waals surface area contributed by atoms with Gasteiger partial charge in [-0.3, -0.25) is 15.1 Å². The Morgan fingerprint density at radius 3 is 2.72 bits per heavy atom. The number of rotatable bonds is 4. The summed E-state index contributed by atoms with van der Waals surface area (Å²) >= 11 is 3.26. The van der Waals surface area contributed by atoms with Crippen LogP contribution in [0.15, 0.2) is 68.5 Å². The number of hydrogen-bond donors (Lipinski definition) is 2. The summed E-state index contributed by atoms with van der Waals surface area (Å²) in [6, 6.07) is 14.3. The van der Waals surface area contributed by atoms with Gasteiger partial charge in [-0.05, 0) is 58.4 Å². The number of phenols is 2. The summed E-state index contributed by atoms with van der Waals surface area (Å²) in [5.74, 6) is 0.0630. The molecule has 144 valence electrons. The van der Waals surface area contributed by atoms with Gasteiger partial charge in [-0.25, -0.2) is 4.98 Å². The summed E-state index contributed by atoms with van der Waals surface area (Å²) in [6.07, 6.45) is 1.35. The Labute approximate surface area is 172 Å². The minimum absolute atomic E-state index is 0.117. The van der Waals surface area contributed by atoms with Gasteiger partial charge in [-0.2, -0.15) is 0 Å². The van der Waals surface area contributed by atoms with Gasteiger partial charge in [0, 0.05) is 23.4 Å². The molecule has 8 nitrogen and oxygen atoms in total. The lowest BCUT2D eigenvalue weighted by Crippen LogP contribution is -1.91. The third-order valence-electron chi connectivity index (χ3n) is 4.16. The van der Waals surface area contributed by atoms with Crippen LogP contribution in [0.4, 0.5) is 11.4 Å². The average Bonchev–Trinajstić information content (AvgIpc) is 3.12. The van der Waals surface area contributed by atoms with E-state index in [1.54, 1.807) is 30.3 Å². The average molecular weight is 454 g/mol. The quantitative estimate of drug-likeness (QED) is 0.244. The van der Waals surface area contributed by atoms with E-state index < -0.39 is 10.7 Å². The molecule has 0 atom stereocenters. The van der Waals surface area contributed by atoms with Crippen molar-refractivity contribution in [3.8, 4) is 23.0 Å². The van der Waals surface area contributed by atoms with Crippen LogP contribution in [-0.4, -0.2) is 26.3 Å². The molecule has 0 aliphatic carbocycles. The van der Waals surface area contributed by atoms with Gasteiger partial charge in [0.2, 0.25) is 11.6 Å². The van der Waals surface area contributed by atoms with Crippen LogP contribution in [0.2, 0.25) is 0 Å². The van der Waals surface area contributed by atoms with E-state index in [2.05, 4.69) is 25.9 Å². The zero-order valence-corrected chi connectivity index (χ0v) is 16.2. The van der Waals surface area contributed by atoms with Gasteiger partial charge in [-0.15, -0.1) is 0 Å². The number of phenolic OH excluding ortho intramolecular Hbond substituents is 2. The molecule has 0 radical (unpaired) electrons. The van der Waals surface area contributed by atoms with Crippen molar-refractivity contribution in [3.63, 3.8) is 0 Å². The molecule has 29 heavy (non-hydrogen) atoms. The summed E-state index contributed by atoms with van der Waals surface area (Å²) in [7, 11) is 0. The Hall–Kier alpha value is -3.72. The number of para-hydroxylation sites is 1. The molecule has 0 fully saturated rings. The van der Waals surface area contributed by atoms with Crippen LogP contribution in [0.25, 0.3) is 22.6 Å². The first-order chi connectivity index (χ1) is 13.9. The molecule has 2 N–H and O–H groups in total. The molecular weight excluding hydrogens is 442 g/mol. The van der Waals surface area contributed by atoms with E-state index >= 15 is 0 Å². The van der Waals surface area contributed by atoms with Gasteiger partial charge in [-0.1, -0.05) is 6.07 Å². The molecule has 0 aliphatic rings. The van der Waals surface area contributed by atoms with Crippen molar-refractivity contribution >= 4 is 44.6 Å². The minimum Gasteiger partial charge on any atom is -0.507 e. The summed E-state index contributed by atoms with van der Waals surface area (Å²) < 4.78 is 6.27. The van der Waals surface area contributed by atoms with Crippen molar-refractivity contribution in [3.05, 3.63) is 74.7 Å².